The van der Waals surface area contributed by atoms with Crippen LogP contribution in [-0.4, -0.2) is 14.3 Å². The Morgan fingerprint density at radius 2 is 1.22 bits per heavy atom. The number of rotatable bonds is 2. The van der Waals surface area contributed by atoms with Gasteiger partial charge in [-0.15, -0.1) is 4.40 Å². The number of amidine groups is 1. The molecule has 11 heteroatoms. The van der Waals surface area contributed by atoms with Crippen molar-refractivity contribution in [3.8, 4) is 0 Å². The molecule has 1 aliphatic heterocycles. The van der Waals surface area contributed by atoms with Crippen LogP contribution in [0.3, 0.4) is 0 Å². The number of para-hydroxylation sites is 1. The first kappa shape index (κ1) is 21.9. The van der Waals surface area contributed by atoms with Crippen molar-refractivity contribution in [3.63, 3.8) is 0 Å². The molecular weight excluding hydrogens is 458 g/mol. The Balaban J connectivity index is 2.03. The van der Waals surface area contributed by atoms with Gasteiger partial charge in [-0.3, -0.25) is 4.90 Å². The summed E-state index contributed by atoms with van der Waals surface area (Å²) in [5.74, 6) is -0.306. The van der Waals surface area contributed by atoms with E-state index in [0.29, 0.717) is 12.1 Å². The summed E-state index contributed by atoms with van der Waals surface area (Å²) in [5, 5.41) is 0. The van der Waals surface area contributed by atoms with E-state index < -0.39 is 39.2 Å². The van der Waals surface area contributed by atoms with Gasteiger partial charge in [0.25, 0.3) is 10.0 Å². The molecule has 0 amide bonds. The minimum absolute atomic E-state index is 0.00776. The molecule has 0 atom stereocenters. The first-order valence-corrected chi connectivity index (χ1v) is 10.4. The second-order valence-electron chi connectivity index (χ2n) is 6.82. The predicted molar refractivity (Wildman–Crippen MR) is 105 cm³/mol. The second kappa shape index (κ2) is 7.37. The third-order valence-electron chi connectivity index (χ3n) is 4.67. The zero-order valence-corrected chi connectivity index (χ0v) is 16.6. The molecule has 32 heavy (non-hydrogen) atoms. The van der Waals surface area contributed by atoms with Crippen molar-refractivity contribution in [1.82, 2.24) is 0 Å². The molecule has 0 saturated carbocycles. The van der Waals surface area contributed by atoms with Gasteiger partial charge in [0.1, 0.15) is 4.90 Å². The molecule has 0 aromatic heterocycles. The van der Waals surface area contributed by atoms with E-state index >= 15 is 0 Å². The van der Waals surface area contributed by atoms with Gasteiger partial charge in [0.05, 0.1) is 11.1 Å². The monoisotopic (exact) mass is 470 g/mol. The molecule has 0 spiro atoms. The molecular formula is C21H12F6N2O2S. The molecule has 1 aliphatic rings. The highest BCUT2D eigenvalue weighted by atomic mass is 32.2. The molecule has 4 nitrogen and oxygen atoms in total. The maximum absolute atomic E-state index is 13.4. The van der Waals surface area contributed by atoms with E-state index in [1.54, 1.807) is 6.07 Å². The molecule has 3 aromatic carbocycles. The Morgan fingerprint density at radius 3 is 1.78 bits per heavy atom. The van der Waals surface area contributed by atoms with Crippen LogP contribution in [0, 0.1) is 0 Å². The number of sulfonamides is 1. The normalized spacial score (nSPS) is 15.2. The number of hydrogen-bond acceptors (Lipinski definition) is 3. The third-order valence-corrected chi connectivity index (χ3v) is 5.99. The van der Waals surface area contributed by atoms with Crippen molar-refractivity contribution in [1.29, 1.82) is 0 Å². The fraction of sp³-hybridized carbons (Fsp3) is 0.0952. The van der Waals surface area contributed by atoms with Gasteiger partial charge in [0, 0.05) is 16.9 Å². The summed E-state index contributed by atoms with van der Waals surface area (Å²) in [5.41, 5.74) is -3.41. The Morgan fingerprint density at radius 1 is 0.688 bits per heavy atom. The van der Waals surface area contributed by atoms with Gasteiger partial charge in [0.2, 0.25) is 0 Å². The number of halogens is 6. The average molecular weight is 470 g/mol. The minimum Gasteiger partial charge on any atom is -0.294 e. The van der Waals surface area contributed by atoms with Crippen molar-refractivity contribution >= 4 is 27.2 Å². The fourth-order valence-electron chi connectivity index (χ4n) is 3.29. The Bertz CT molecular complexity index is 1280. The van der Waals surface area contributed by atoms with Crippen LogP contribution in [0.1, 0.15) is 16.7 Å². The fourth-order valence-corrected chi connectivity index (χ4v) is 4.48. The van der Waals surface area contributed by atoms with Crippen LogP contribution in [0.4, 0.5) is 37.7 Å². The largest absolute Gasteiger partial charge is 0.416 e. The molecule has 166 valence electrons. The van der Waals surface area contributed by atoms with Crippen LogP contribution in [0.5, 0.6) is 0 Å². The van der Waals surface area contributed by atoms with E-state index in [-0.39, 0.29) is 28.0 Å². The lowest BCUT2D eigenvalue weighted by molar-refractivity contribution is -0.143. The van der Waals surface area contributed by atoms with E-state index in [4.69, 9.17) is 0 Å². The molecule has 0 saturated heterocycles. The third kappa shape index (κ3) is 3.95. The van der Waals surface area contributed by atoms with Crippen LogP contribution in [-0.2, 0) is 22.4 Å². The topological polar surface area (TPSA) is 49.7 Å². The van der Waals surface area contributed by atoms with Gasteiger partial charge >= 0.3 is 12.4 Å². The number of benzene rings is 3. The highest BCUT2D eigenvalue weighted by Gasteiger charge is 2.39. The van der Waals surface area contributed by atoms with Gasteiger partial charge in [-0.25, -0.2) is 0 Å². The molecule has 0 N–H and O–H groups in total. The molecule has 0 radical (unpaired) electrons. The number of nitrogens with zero attached hydrogens (tertiary/aromatic N) is 2. The highest BCUT2D eigenvalue weighted by molar-refractivity contribution is 7.90. The van der Waals surface area contributed by atoms with E-state index in [0.717, 1.165) is 4.90 Å². The molecule has 4 rings (SSSR count). The SMILES string of the molecule is O=S1(=O)N=C(N(c2ccccc2)c2cc(C(F)(F)F)cc(C(F)(F)F)c2)c2ccccc21. The lowest BCUT2D eigenvalue weighted by Gasteiger charge is -2.26. The van der Waals surface area contributed by atoms with Crippen molar-refractivity contribution < 1.29 is 34.8 Å². The van der Waals surface area contributed by atoms with Crippen LogP contribution in [0.2, 0.25) is 0 Å². The molecule has 0 unspecified atom stereocenters. The summed E-state index contributed by atoms with van der Waals surface area (Å²) in [6.07, 6.45) is -10.1. The smallest absolute Gasteiger partial charge is 0.294 e. The quantitative estimate of drug-likeness (QED) is 0.431. The van der Waals surface area contributed by atoms with Crippen molar-refractivity contribution in [2.75, 3.05) is 4.90 Å². The van der Waals surface area contributed by atoms with Crippen molar-refractivity contribution in [2.24, 2.45) is 4.40 Å². The molecule has 0 fully saturated rings. The van der Waals surface area contributed by atoms with E-state index in [2.05, 4.69) is 4.40 Å². The van der Waals surface area contributed by atoms with Gasteiger partial charge in [-0.05, 0) is 42.5 Å². The zero-order valence-electron chi connectivity index (χ0n) is 15.8. The summed E-state index contributed by atoms with van der Waals surface area (Å²) >= 11 is 0. The lowest BCUT2D eigenvalue weighted by atomic mass is 10.1. The Hall–Kier alpha value is -3.34. The van der Waals surface area contributed by atoms with Crippen molar-refractivity contribution in [2.45, 2.75) is 17.2 Å². The van der Waals surface area contributed by atoms with Crippen molar-refractivity contribution in [3.05, 3.63) is 89.5 Å². The molecule has 0 aliphatic carbocycles. The minimum atomic E-state index is -5.07. The van der Waals surface area contributed by atoms with Gasteiger partial charge in [-0.1, -0.05) is 30.3 Å². The van der Waals surface area contributed by atoms with E-state index in [1.807, 2.05) is 0 Å². The summed E-state index contributed by atoms with van der Waals surface area (Å²) in [6, 6.07) is 14.1. The number of fused-ring (bicyclic) bond motifs is 1. The predicted octanol–water partition coefficient (Wildman–Crippen LogP) is 6.01. The number of hydrogen-bond donors (Lipinski definition) is 0. The highest BCUT2D eigenvalue weighted by Crippen LogP contribution is 2.41. The van der Waals surface area contributed by atoms with Crippen LogP contribution in [0.15, 0.2) is 82.1 Å². The summed E-state index contributed by atoms with van der Waals surface area (Å²) in [7, 11) is -4.19. The van der Waals surface area contributed by atoms with E-state index in [1.165, 1.54) is 48.5 Å². The van der Waals surface area contributed by atoms with Gasteiger partial charge < -0.3 is 0 Å². The lowest BCUT2D eigenvalue weighted by Crippen LogP contribution is -2.27. The first-order chi connectivity index (χ1) is 14.9. The van der Waals surface area contributed by atoms with Crippen LogP contribution < -0.4 is 4.90 Å². The van der Waals surface area contributed by atoms with Crippen LogP contribution in [0.25, 0.3) is 0 Å². The van der Waals surface area contributed by atoms with Gasteiger partial charge in [0.15, 0.2) is 5.84 Å². The summed E-state index contributed by atoms with van der Waals surface area (Å²) in [4.78, 5) is 0.771. The Labute approximate surface area is 178 Å². The summed E-state index contributed by atoms with van der Waals surface area (Å²) < 4.78 is 109. The Kier molecular flexibility index (Phi) is 5.04. The molecule has 1 heterocycles. The number of alkyl halides is 6. The van der Waals surface area contributed by atoms with Crippen LogP contribution >= 0.6 is 0 Å². The standard InChI is InChI=1S/C21H12F6N2O2S/c22-20(23,24)13-10-14(21(25,26)27)12-16(11-13)29(15-6-2-1-3-7-15)19-17-8-4-5-9-18(17)32(30,31)28-19/h1-12H. The number of anilines is 2. The van der Waals surface area contributed by atoms with E-state index in [9.17, 15) is 34.8 Å². The maximum Gasteiger partial charge on any atom is 0.416 e. The second-order valence-corrected chi connectivity index (χ2v) is 8.39. The first-order valence-electron chi connectivity index (χ1n) is 8.97. The molecule has 0 bridgehead atoms. The van der Waals surface area contributed by atoms with Gasteiger partial charge in [-0.2, -0.15) is 34.8 Å². The zero-order chi connectivity index (χ0) is 23.3. The average Bonchev–Trinajstić information content (AvgIpc) is 2.99. The maximum atomic E-state index is 13.4. The summed E-state index contributed by atoms with van der Waals surface area (Å²) in [6.45, 7) is 0. The molecule has 3 aromatic rings.